The van der Waals surface area contributed by atoms with Crippen LogP contribution in [-0.4, -0.2) is 45.9 Å². The van der Waals surface area contributed by atoms with Crippen LogP contribution in [0.1, 0.15) is 24.2 Å². The first kappa shape index (κ1) is 24.9. The molecule has 1 amide bonds. The lowest BCUT2D eigenvalue weighted by Gasteiger charge is -2.15. The van der Waals surface area contributed by atoms with Crippen molar-refractivity contribution in [3.05, 3.63) is 53.4 Å². The van der Waals surface area contributed by atoms with Crippen LogP contribution in [0.2, 0.25) is 0 Å². The van der Waals surface area contributed by atoms with Gasteiger partial charge in [0.05, 0.1) is 27.9 Å². The molecule has 1 N–H and O–H groups in total. The molecule has 3 rings (SSSR count). The molecule has 180 valence electrons. The van der Waals surface area contributed by atoms with Crippen molar-refractivity contribution in [2.75, 3.05) is 33.3 Å². The first-order chi connectivity index (χ1) is 16.4. The molecule has 3 aromatic rings. The molecule has 0 spiro atoms. The zero-order chi connectivity index (χ0) is 24.7. The molecule has 1 aromatic heterocycles. The third kappa shape index (κ3) is 5.60. The van der Waals surface area contributed by atoms with Gasteiger partial charge in [0, 0.05) is 17.0 Å². The smallest absolute Gasteiger partial charge is 0.341 e. The van der Waals surface area contributed by atoms with Crippen LogP contribution in [-0.2, 0) is 9.53 Å². The topological polar surface area (TPSA) is 92.3 Å². The molecule has 0 saturated heterocycles. The molecular formula is C25H27NO7S. The summed E-state index contributed by atoms with van der Waals surface area (Å²) in [4.78, 5) is 25.7. The lowest BCUT2D eigenvalue weighted by molar-refractivity contribution is -0.122. The summed E-state index contributed by atoms with van der Waals surface area (Å²) in [5.74, 6) is 1.25. The molecule has 0 saturated carbocycles. The van der Waals surface area contributed by atoms with Gasteiger partial charge in [-0.05, 0) is 43.7 Å². The number of carbonyl (C=O) groups is 2. The Balaban J connectivity index is 1.88. The van der Waals surface area contributed by atoms with Crippen LogP contribution in [0.3, 0.4) is 0 Å². The summed E-state index contributed by atoms with van der Waals surface area (Å²) in [6, 6.07) is 12.3. The maximum atomic E-state index is 12.9. The van der Waals surface area contributed by atoms with Crippen molar-refractivity contribution >= 4 is 28.2 Å². The minimum absolute atomic E-state index is 0.197. The molecule has 1 unspecified atom stereocenters. The molecular weight excluding hydrogens is 458 g/mol. The number of hydrogen-bond acceptors (Lipinski definition) is 8. The van der Waals surface area contributed by atoms with E-state index in [1.807, 2.05) is 6.07 Å². The van der Waals surface area contributed by atoms with Crippen molar-refractivity contribution in [2.45, 2.75) is 20.0 Å². The number of carbonyl (C=O) groups excluding carboxylic acids is 2. The second-order valence-corrected chi connectivity index (χ2v) is 7.95. The maximum absolute atomic E-state index is 12.9. The summed E-state index contributed by atoms with van der Waals surface area (Å²) in [6.07, 6.45) is -0.825. The quantitative estimate of drug-likeness (QED) is 0.403. The Morgan fingerprint density at radius 3 is 2.38 bits per heavy atom. The first-order valence-corrected chi connectivity index (χ1v) is 11.4. The van der Waals surface area contributed by atoms with Gasteiger partial charge in [0.25, 0.3) is 5.91 Å². The van der Waals surface area contributed by atoms with Crippen molar-refractivity contribution in [3.63, 3.8) is 0 Å². The van der Waals surface area contributed by atoms with Gasteiger partial charge in [0.2, 0.25) is 0 Å². The van der Waals surface area contributed by atoms with Crippen LogP contribution in [0.15, 0.2) is 47.8 Å². The maximum Gasteiger partial charge on any atom is 0.341 e. The van der Waals surface area contributed by atoms with Gasteiger partial charge in [-0.25, -0.2) is 4.79 Å². The van der Waals surface area contributed by atoms with E-state index in [4.69, 9.17) is 23.7 Å². The van der Waals surface area contributed by atoms with Gasteiger partial charge in [-0.1, -0.05) is 12.1 Å². The van der Waals surface area contributed by atoms with Crippen LogP contribution in [0.4, 0.5) is 5.00 Å². The molecule has 1 heterocycles. The van der Waals surface area contributed by atoms with E-state index in [9.17, 15) is 9.59 Å². The highest BCUT2D eigenvalue weighted by Gasteiger charge is 2.25. The third-order valence-electron chi connectivity index (χ3n) is 4.93. The molecule has 8 nitrogen and oxygen atoms in total. The SMILES string of the molecule is CCOC(=O)c1c(-c2ccc(OC)c(OC)c2)csc1NC(=O)C(C)Oc1cccc(OC)c1. The van der Waals surface area contributed by atoms with Crippen molar-refractivity contribution in [1.82, 2.24) is 0 Å². The molecule has 9 heteroatoms. The van der Waals surface area contributed by atoms with Crippen LogP contribution in [0.25, 0.3) is 11.1 Å². The zero-order valence-electron chi connectivity index (χ0n) is 19.7. The monoisotopic (exact) mass is 485 g/mol. The third-order valence-corrected chi connectivity index (χ3v) is 5.82. The predicted octanol–water partition coefficient (Wildman–Crippen LogP) is 5.02. The van der Waals surface area contributed by atoms with Crippen LogP contribution >= 0.6 is 11.3 Å². The van der Waals surface area contributed by atoms with E-state index in [0.29, 0.717) is 33.6 Å². The first-order valence-electron chi connectivity index (χ1n) is 10.5. The van der Waals surface area contributed by atoms with E-state index in [0.717, 1.165) is 5.56 Å². The Bertz CT molecular complexity index is 1160. The van der Waals surface area contributed by atoms with Gasteiger partial charge >= 0.3 is 5.97 Å². The standard InChI is InChI=1S/C25H27NO7S/c1-6-32-25(28)22-19(16-10-11-20(30-4)21(12-16)31-5)14-34-24(22)26-23(27)15(2)33-18-9-7-8-17(13-18)29-3/h7-15H,6H2,1-5H3,(H,26,27). The highest BCUT2D eigenvalue weighted by molar-refractivity contribution is 7.15. The normalized spacial score (nSPS) is 11.3. The Kier molecular flexibility index (Phi) is 8.37. The number of anilines is 1. The molecule has 2 aromatic carbocycles. The van der Waals surface area contributed by atoms with E-state index in [-0.39, 0.29) is 12.2 Å². The fourth-order valence-electron chi connectivity index (χ4n) is 3.22. The zero-order valence-corrected chi connectivity index (χ0v) is 20.5. The van der Waals surface area contributed by atoms with Crippen LogP contribution < -0.4 is 24.3 Å². The minimum Gasteiger partial charge on any atom is -0.497 e. The van der Waals surface area contributed by atoms with Crippen molar-refractivity contribution in [3.8, 4) is 34.1 Å². The van der Waals surface area contributed by atoms with Crippen LogP contribution in [0, 0.1) is 0 Å². The van der Waals surface area contributed by atoms with Gasteiger partial charge in [-0.3, -0.25) is 4.79 Å². The van der Waals surface area contributed by atoms with E-state index in [1.165, 1.54) is 18.4 Å². The van der Waals surface area contributed by atoms with Crippen molar-refractivity contribution < 1.29 is 33.3 Å². The number of esters is 1. The summed E-state index contributed by atoms with van der Waals surface area (Å²) in [7, 11) is 4.64. The van der Waals surface area contributed by atoms with Crippen molar-refractivity contribution in [1.29, 1.82) is 0 Å². The summed E-state index contributed by atoms with van der Waals surface area (Å²) >= 11 is 1.23. The second kappa shape index (κ2) is 11.4. The average Bonchev–Trinajstić information content (AvgIpc) is 3.27. The largest absolute Gasteiger partial charge is 0.497 e. The lowest BCUT2D eigenvalue weighted by Crippen LogP contribution is -2.30. The van der Waals surface area contributed by atoms with Gasteiger partial charge in [0.15, 0.2) is 17.6 Å². The van der Waals surface area contributed by atoms with Gasteiger partial charge < -0.3 is 29.0 Å². The highest BCUT2D eigenvalue weighted by Crippen LogP contribution is 2.39. The van der Waals surface area contributed by atoms with E-state index < -0.39 is 18.0 Å². The number of thiophene rings is 1. The number of rotatable bonds is 10. The second-order valence-electron chi connectivity index (χ2n) is 7.07. The molecule has 0 bridgehead atoms. The fourth-order valence-corrected chi connectivity index (χ4v) is 4.18. The number of hydrogen-bond donors (Lipinski definition) is 1. The Morgan fingerprint density at radius 1 is 0.971 bits per heavy atom. The average molecular weight is 486 g/mol. The summed E-state index contributed by atoms with van der Waals surface area (Å²) < 4.78 is 26.9. The van der Waals surface area contributed by atoms with E-state index in [2.05, 4.69) is 5.32 Å². The molecule has 34 heavy (non-hydrogen) atoms. The summed E-state index contributed by atoms with van der Waals surface area (Å²) in [5.41, 5.74) is 1.60. The lowest BCUT2D eigenvalue weighted by atomic mass is 10.0. The minimum atomic E-state index is -0.825. The molecule has 0 radical (unpaired) electrons. The highest BCUT2D eigenvalue weighted by atomic mass is 32.1. The van der Waals surface area contributed by atoms with Gasteiger partial charge in [-0.2, -0.15) is 0 Å². The van der Waals surface area contributed by atoms with Crippen molar-refractivity contribution in [2.24, 2.45) is 0 Å². The van der Waals surface area contributed by atoms with Gasteiger partial charge in [0.1, 0.15) is 22.1 Å². The molecule has 0 fully saturated rings. The summed E-state index contributed by atoms with van der Waals surface area (Å²) in [5, 5.41) is 4.96. The molecule has 0 aliphatic carbocycles. The summed E-state index contributed by atoms with van der Waals surface area (Å²) in [6.45, 7) is 3.55. The number of nitrogens with one attached hydrogen (secondary N) is 1. The van der Waals surface area contributed by atoms with E-state index in [1.54, 1.807) is 69.8 Å². The predicted molar refractivity (Wildman–Crippen MR) is 131 cm³/mol. The fraction of sp³-hybridized carbons (Fsp3) is 0.280. The Labute approximate surface area is 202 Å². The molecule has 1 atom stereocenters. The number of ether oxygens (including phenoxy) is 5. The number of benzene rings is 2. The Hall–Kier alpha value is -3.72. The molecule has 0 aliphatic rings. The van der Waals surface area contributed by atoms with E-state index >= 15 is 0 Å². The number of amides is 1. The van der Waals surface area contributed by atoms with Gasteiger partial charge in [-0.15, -0.1) is 11.3 Å². The molecule has 0 aliphatic heterocycles. The Morgan fingerprint density at radius 2 is 1.71 bits per heavy atom. The van der Waals surface area contributed by atoms with Crippen LogP contribution in [0.5, 0.6) is 23.0 Å². The number of methoxy groups -OCH3 is 3.